The molecule has 2 aromatic rings. The number of pyridine rings is 1. The lowest BCUT2D eigenvalue weighted by Gasteiger charge is -2.38. The highest BCUT2D eigenvalue weighted by Crippen LogP contribution is 2.37. The van der Waals surface area contributed by atoms with E-state index in [2.05, 4.69) is 10.3 Å². The van der Waals surface area contributed by atoms with Crippen molar-refractivity contribution in [1.82, 2.24) is 15.2 Å². The summed E-state index contributed by atoms with van der Waals surface area (Å²) in [7, 11) is 0. The second kappa shape index (κ2) is 6.36. The Morgan fingerprint density at radius 1 is 1.04 bits per heavy atom. The van der Waals surface area contributed by atoms with E-state index in [1.54, 1.807) is 6.20 Å². The number of aromatic nitrogens is 1. The third-order valence-corrected chi connectivity index (χ3v) is 5.54. The minimum absolute atomic E-state index is 0.112. The highest BCUT2D eigenvalue weighted by molar-refractivity contribution is 5.95. The molecule has 1 aromatic heterocycles. The zero-order valence-corrected chi connectivity index (χ0v) is 13.9. The van der Waals surface area contributed by atoms with Crippen LogP contribution in [0.25, 0.3) is 11.1 Å². The summed E-state index contributed by atoms with van der Waals surface area (Å²) < 4.78 is 0. The minimum Gasteiger partial charge on any atom is -0.339 e. The smallest absolute Gasteiger partial charge is 0.255 e. The second-order valence-corrected chi connectivity index (χ2v) is 7.05. The average molecular weight is 321 g/mol. The van der Waals surface area contributed by atoms with Crippen molar-refractivity contribution in [2.75, 3.05) is 26.2 Å². The van der Waals surface area contributed by atoms with Crippen LogP contribution < -0.4 is 5.32 Å². The maximum Gasteiger partial charge on any atom is 0.255 e. The van der Waals surface area contributed by atoms with Crippen LogP contribution in [0.3, 0.4) is 0 Å². The van der Waals surface area contributed by atoms with Crippen LogP contribution in [0.5, 0.6) is 0 Å². The van der Waals surface area contributed by atoms with Gasteiger partial charge in [-0.25, -0.2) is 0 Å². The van der Waals surface area contributed by atoms with Gasteiger partial charge in [-0.15, -0.1) is 0 Å². The first-order chi connectivity index (χ1) is 11.8. The van der Waals surface area contributed by atoms with Gasteiger partial charge in [0.2, 0.25) is 0 Å². The number of amides is 1. The first kappa shape index (κ1) is 15.3. The summed E-state index contributed by atoms with van der Waals surface area (Å²) in [5.41, 5.74) is 3.21. The lowest BCUT2D eigenvalue weighted by molar-refractivity contribution is 0.0607. The predicted octanol–water partition coefficient (Wildman–Crippen LogP) is 2.96. The first-order valence-corrected chi connectivity index (χ1v) is 8.76. The molecule has 4 nitrogen and oxygen atoms in total. The van der Waals surface area contributed by atoms with Crippen molar-refractivity contribution in [3.8, 4) is 11.1 Å². The van der Waals surface area contributed by atoms with Gasteiger partial charge in [0.1, 0.15) is 0 Å². The third kappa shape index (κ3) is 2.94. The van der Waals surface area contributed by atoms with Gasteiger partial charge in [0.05, 0.1) is 5.56 Å². The highest BCUT2D eigenvalue weighted by Gasteiger charge is 2.38. The normalized spacial score (nSPS) is 19.6. The van der Waals surface area contributed by atoms with E-state index < -0.39 is 0 Å². The summed E-state index contributed by atoms with van der Waals surface area (Å²) in [5.74, 6) is 0.112. The van der Waals surface area contributed by atoms with Crippen LogP contribution in [-0.2, 0) is 0 Å². The number of benzene rings is 1. The van der Waals surface area contributed by atoms with E-state index in [0.717, 1.165) is 50.1 Å². The monoisotopic (exact) mass is 321 g/mol. The number of carbonyl (C=O) groups excluding carboxylic acids is 1. The Balaban J connectivity index is 1.49. The molecule has 4 rings (SSSR count). The molecule has 0 saturated carbocycles. The number of nitrogens with one attached hydrogen (secondary N) is 1. The van der Waals surface area contributed by atoms with E-state index >= 15 is 0 Å². The molecule has 0 atom stereocenters. The Bertz CT molecular complexity index is 713. The van der Waals surface area contributed by atoms with Crippen LogP contribution in [-0.4, -0.2) is 42.0 Å². The molecule has 0 aliphatic carbocycles. The van der Waals surface area contributed by atoms with Gasteiger partial charge in [-0.05, 0) is 42.9 Å². The van der Waals surface area contributed by atoms with Gasteiger partial charge in [-0.2, -0.15) is 0 Å². The van der Waals surface area contributed by atoms with E-state index in [-0.39, 0.29) is 5.91 Å². The molecule has 2 saturated heterocycles. The standard InChI is InChI=1S/C20H23N3O/c24-19(23-10-7-20(8-11-23)6-9-21-15-20)18-12-17(13-22-14-18)16-4-2-1-3-5-16/h1-5,12-14,21H,6-11,15H2. The maximum absolute atomic E-state index is 12.9. The fraction of sp³-hybridized carbons (Fsp3) is 0.400. The number of rotatable bonds is 2. The molecule has 0 bridgehead atoms. The number of carbonyl (C=O) groups is 1. The van der Waals surface area contributed by atoms with Crippen LogP contribution in [0.4, 0.5) is 0 Å². The summed E-state index contributed by atoms with van der Waals surface area (Å²) in [6.07, 6.45) is 6.98. The summed E-state index contributed by atoms with van der Waals surface area (Å²) >= 11 is 0. The van der Waals surface area contributed by atoms with Crippen molar-refractivity contribution in [3.05, 3.63) is 54.4 Å². The van der Waals surface area contributed by atoms with Crippen molar-refractivity contribution in [2.45, 2.75) is 19.3 Å². The van der Waals surface area contributed by atoms with E-state index in [1.165, 1.54) is 6.42 Å². The predicted molar refractivity (Wildman–Crippen MR) is 94.7 cm³/mol. The minimum atomic E-state index is 0.112. The summed E-state index contributed by atoms with van der Waals surface area (Å²) in [6.45, 7) is 3.95. The quantitative estimate of drug-likeness (QED) is 0.925. The third-order valence-electron chi connectivity index (χ3n) is 5.54. The number of piperidine rings is 1. The number of likely N-dealkylation sites (tertiary alicyclic amines) is 1. The summed E-state index contributed by atoms with van der Waals surface area (Å²) in [6, 6.07) is 12.1. The van der Waals surface area contributed by atoms with Gasteiger partial charge in [-0.1, -0.05) is 30.3 Å². The first-order valence-electron chi connectivity index (χ1n) is 8.76. The molecular weight excluding hydrogens is 298 g/mol. The summed E-state index contributed by atoms with van der Waals surface area (Å²) in [4.78, 5) is 19.1. The van der Waals surface area contributed by atoms with Gasteiger partial charge in [0.25, 0.3) is 5.91 Å². The zero-order chi connectivity index (χ0) is 16.4. The van der Waals surface area contributed by atoms with Gasteiger partial charge < -0.3 is 10.2 Å². The van der Waals surface area contributed by atoms with E-state index in [9.17, 15) is 4.79 Å². The molecule has 1 aromatic carbocycles. The fourth-order valence-corrected chi connectivity index (χ4v) is 3.93. The van der Waals surface area contributed by atoms with Crippen molar-refractivity contribution in [1.29, 1.82) is 0 Å². The molecular formula is C20H23N3O. The van der Waals surface area contributed by atoms with Gasteiger partial charge in [0.15, 0.2) is 0 Å². The Morgan fingerprint density at radius 2 is 1.83 bits per heavy atom. The SMILES string of the molecule is O=C(c1cncc(-c2ccccc2)c1)N1CCC2(CCNC2)CC1. The molecule has 1 amide bonds. The van der Waals surface area contributed by atoms with Crippen molar-refractivity contribution < 1.29 is 4.79 Å². The lowest BCUT2D eigenvalue weighted by atomic mass is 9.78. The highest BCUT2D eigenvalue weighted by atomic mass is 16.2. The largest absolute Gasteiger partial charge is 0.339 e. The topological polar surface area (TPSA) is 45.2 Å². The van der Waals surface area contributed by atoms with Crippen LogP contribution in [0.15, 0.2) is 48.8 Å². The number of nitrogens with zero attached hydrogens (tertiary/aromatic N) is 2. The molecule has 1 spiro atoms. The molecule has 1 N–H and O–H groups in total. The van der Waals surface area contributed by atoms with Crippen molar-refractivity contribution in [2.24, 2.45) is 5.41 Å². The van der Waals surface area contributed by atoms with Gasteiger partial charge in [-0.3, -0.25) is 9.78 Å². The van der Waals surface area contributed by atoms with Crippen LogP contribution in [0.2, 0.25) is 0 Å². The fourth-order valence-electron chi connectivity index (χ4n) is 3.93. The zero-order valence-electron chi connectivity index (χ0n) is 13.9. The Labute approximate surface area is 142 Å². The molecule has 0 radical (unpaired) electrons. The van der Waals surface area contributed by atoms with Crippen LogP contribution in [0.1, 0.15) is 29.6 Å². The van der Waals surface area contributed by atoms with Crippen LogP contribution in [0, 0.1) is 5.41 Å². The van der Waals surface area contributed by atoms with E-state index in [1.807, 2.05) is 47.5 Å². The molecule has 24 heavy (non-hydrogen) atoms. The average Bonchev–Trinajstić information content (AvgIpc) is 3.11. The molecule has 2 aliphatic rings. The molecule has 4 heteroatoms. The van der Waals surface area contributed by atoms with E-state index in [0.29, 0.717) is 11.0 Å². The molecule has 124 valence electrons. The molecule has 2 aliphatic heterocycles. The van der Waals surface area contributed by atoms with Gasteiger partial charge in [0, 0.05) is 37.6 Å². The van der Waals surface area contributed by atoms with Gasteiger partial charge >= 0.3 is 0 Å². The lowest BCUT2D eigenvalue weighted by Crippen LogP contribution is -2.44. The van der Waals surface area contributed by atoms with Crippen molar-refractivity contribution in [3.63, 3.8) is 0 Å². The van der Waals surface area contributed by atoms with Crippen molar-refractivity contribution >= 4 is 5.91 Å². The molecule has 0 unspecified atom stereocenters. The Kier molecular flexibility index (Phi) is 4.07. The second-order valence-electron chi connectivity index (χ2n) is 7.05. The molecule has 3 heterocycles. The summed E-state index contributed by atoms with van der Waals surface area (Å²) in [5, 5.41) is 3.47. The Morgan fingerprint density at radius 3 is 2.54 bits per heavy atom. The Hall–Kier alpha value is -2.20. The van der Waals surface area contributed by atoms with E-state index in [4.69, 9.17) is 0 Å². The number of hydrogen-bond donors (Lipinski definition) is 1. The number of hydrogen-bond acceptors (Lipinski definition) is 3. The maximum atomic E-state index is 12.9. The molecule has 2 fully saturated rings. The van der Waals surface area contributed by atoms with Crippen LogP contribution >= 0.6 is 0 Å².